The monoisotopic (exact) mass is 225 g/mol. The van der Waals surface area contributed by atoms with E-state index in [2.05, 4.69) is 10.3 Å². The lowest BCUT2D eigenvalue weighted by Crippen LogP contribution is -2.10. The Morgan fingerprint density at radius 2 is 2.38 bits per heavy atom. The summed E-state index contributed by atoms with van der Waals surface area (Å²) in [6, 6.07) is 1.40. The third-order valence-corrected chi connectivity index (χ3v) is 2.14. The van der Waals surface area contributed by atoms with Gasteiger partial charge in [-0.25, -0.2) is 4.98 Å². The van der Waals surface area contributed by atoms with Crippen molar-refractivity contribution in [2.24, 2.45) is 0 Å². The number of aromatic nitrogens is 1. The normalized spacial score (nSPS) is 12.2. The van der Waals surface area contributed by atoms with Gasteiger partial charge in [-0.2, -0.15) is 0 Å². The average Bonchev–Trinajstić information content (AvgIpc) is 2.19. The van der Waals surface area contributed by atoms with E-state index in [1.807, 2.05) is 0 Å². The minimum absolute atomic E-state index is 0.0505. The molecule has 0 aliphatic heterocycles. The van der Waals surface area contributed by atoms with Crippen LogP contribution in [-0.2, 0) is 0 Å². The van der Waals surface area contributed by atoms with Gasteiger partial charge in [0.2, 0.25) is 0 Å². The first-order chi connectivity index (χ1) is 7.50. The van der Waals surface area contributed by atoms with Crippen LogP contribution < -0.4 is 5.32 Å². The SMILES string of the molecule is Cc1cnc(NCCC(C)O)cc1[N+](=O)[O-]. The predicted octanol–water partition coefficient (Wildman–Crippen LogP) is 1.48. The van der Waals surface area contributed by atoms with Gasteiger partial charge in [-0.3, -0.25) is 10.1 Å². The zero-order chi connectivity index (χ0) is 12.1. The van der Waals surface area contributed by atoms with E-state index in [-0.39, 0.29) is 5.69 Å². The quantitative estimate of drug-likeness (QED) is 0.585. The summed E-state index contributed by atoms with van der Waals surface area (Å²) in [6.45, 7) is 3.86. The van der Waals surface area contributed by atoms with Crippen LogP contribution in [0.1, 0.15) is 18.9 Å². The predicted molar refractivity (Wildman–Crippen MR) is 60.4 cm³/mol. The number of aliphatic hydroxyl groups is 1. The highest BCUT2D eigenvalue weighted by molar-refractivity contribution is 5.48. The van der Waals surface area contributed by atoms with Crippen molar-refractivity contribution in [3.8, 4) is 0 Å². The van der Waals surface area contributed by atoms with Crippen LogP contribution in [0.3, 0.4) is 0 Å². The molecular formula is C10H15N3O3. The first kappa shape index (κ1) is 12.4. The minimum atomic E-state index is -0.434. The molecule has 6 heteroatoms. The van der Waals surface area contributed by atoms with Gasteiger partial charge in [-0.1, -0.05) is 0 Å². The van der Waals surface area contributed by atoms with Gasteiger partial charge in [0, 0.05) is 18.3 Å². The second kappa shape index (κ2) is 5.41. The highest BCUT2D eigenvalue weighted by atomic mass is 16.6. The zero-order valence-electron chi connectivity index (χ0n) is 9.30. The fourth-order valence-electron chi connectivity index (χ4n) is 1.22. The first-order valence-electron chi connectivity index (χ1n) is 5.03. The van der Waals surface area contributed by atoms with Crippen LogP contribution in [0, 0.1) is 17.0 Å². The van der Waals surface area contributed by atoms with Gasteiger partial charge in [-0.05, 0) is 20.3 Å². The van der Waals surface area contributed by atoms with Crippen molar-refractivity contribution in [3.05, 3.63) is 27.9 Å². The molecule has 6 nitrogen and oxygen atoms in total. The van der Waals surface area contributed by atoms with Gasteiger partial charge < -0.3 is 10.4 Å². The highest BCUT2D eigenvalue weighted by Crippen LogP contribution is 2.19. The standard InChI is InChI=1S/C10H15N3O3/c1-7-6-12-10(5-9(7)13(15)16)11-4-3-8(2)14/h5-6,8,14H,3-4H2,1-2H3,(H,11,12). The van der Waals surface area contributed by atoms with Crippen LogP contribution in [0.25, 0.3) is 0 Å². The van der Waals surface area contributed by atoms with Gasteiger partial charge in [0.05, 0.1) is 17.1 Å². The Balaban J connectivity index is 2.68. The van der Waals surface area contributed by atoms with Gasteiger partial charge in [0.25, 0.3) is 5.69 Å². The molecule has 1 heterocycles. The summed E-state index contributed by atoms with van der Waals surface area (Å²) < 4.78 is 0. The van der Waals surface area contributed by atoms with Crippen LogP contribution in [0.5, 0.6) is 0 Å². The minimum Gasteiger partial charge on any atom is -0.393 e. The molecule has 1 atom stereocenters. The number of pyridine rings is 1. The van der Waals surface area contributed by atoms with Crippen molar-refractivity contribution < 1.29 is 10.0 Å². The summed E-state index contributed by atoms with van der Waals surface area (Å²) in [7, 11) is 0. The summed E-state index contributed by atoms with van der Waals surface area (Å²) in [5, 5.41) is 22.6. The number of nitrogens with zero attached hydrogens (tertiary/aromatic N) is 2. The Hall–Kier alpha value is -1.69. The van der Waals surface area contributed by atoms with E-state index in [1.165, 1.54) is 12.3 Å². The molecule has 0 spiro atoms. The number of rotatable bonds is 5. The summed E-state index contributed by atoms with van der Waals surface area (Å²) in [6.07, 6.45) is 1.64. The van der Waals surface area contributed by atoms with Crippen LogP contribution in [-0.4, -0.2) is 27.7 Å². The molecule has 16 heavy (non-hydrogen) atoms. The second-order valence-electron chi connectivity index (χ2n) is 3.68. The number of anilines is 1. The molecule has 0 aliphatic carbocycles. The Bertz CT molecular complexity index is 380. The van der Waals surface area contributed by atoms with Crippen LogP contribution >= 0.6 is 0 Å². The van der Waals surface area contributed by atoms with Gasteiger partial charge >= 0.3 is 0 Å². The fraction of sp³-hybridized carbons (Fsp3) is 0.500. The molecule has 0 saturated carbocycles. The van der Waals surface area contributed by atoms with Crippen molar-refractivity contribution in [3.63, 3.8) is 0 Å². The Morgan fingerprint density at radius 3 is 2.94 bits per heavy atom. The molecule has 2 N–H and O–H groups in total. The van der Waals surface area contributed by atoms with Gasteiger partial charge in [0.1, 0.15) is 5.82 Å². The number of aliphatic hydroxyl groups excluding tert-OH is 1. The zero-order valence-corrected chi connectivity index (χ0v) is 9.30. The molecule has 0 radical (unpaired) electrons. The van der Waals surface area contributed by atoms with E-state index in [4.69, 9.17) is 5.11 Å². The lowest BCUT2D eigenvalue weighted by Gasteiger charge is -2.07. The number of nitro groups is 1. The van der Waals surface area contributed by atoms with E-state index in [1.54, 1.807) is 13.8 Å². The molecule has 0 saturated heterocycles. The third-order valence-electron chi connectivity index (χ3n) is 2.14. The molecule has 1 aromatic heterocycles. The van der Waals surface area contributed by atoms with Crippen LogP contribution in [0.4, 0.5) is 11.5 Å². The molecule has 0 aliphatic rings. The van der Waals surface area contributed by atoms with Crippen molar-refractivity contribution in [2.45, 2.75) is 26.4 Å². The first-order valence-corrected chi connectivity index (χ1v) is 5.03. The summed E-state index contributed by atoms with van der Waals surface area (Å²) in [5.74, 6) is 0.456. The van der Waals surface area contributed by atoms with E-state index >= 15 is 0 Å². The Kier molecular flexibility index (Phi) is 4.19. The maximum absolute atomic E-state index is 10.7. The van der Waals surface area contributed by atoms with Crippen LogP contribution in [0.2, 0.25) is 0 Å². The largest absolute Gasteiger partial charge is 0.393 e. The maximum Gasteiger partial charge on any atom is 0.277 e. The molecule has 1 rings (SSSR count). The van der Waals surface area contributed by atoms with Gasteiger partial charge in [0.15, 0.2) is 0 Å². The Morgan fingerprint density at radius 1 is 1.69 bits per heavy atom. The summed E-state index contributed by atoms with van der Waals surface area (Å²) >= 11 is 0. The van der Waals surface area contributed by atoms with Crippen molar-refractivity contribution in [1.82, 2.24) is 4.98 Å². The molecule has 0 bridgehead atoms. The van der Waals surface area contributed by atoms with E-state index in [0.717, 1.165) is 0 Å². The number of hydrogen-bond donors (Lipinski definition) is 2. The smallest absolute Gasteiger partial charge is 0.277 e. The van der Waals surface area contributed by atoms with Gasteiger partial charge in [-0.15, -0.1) is 0 Å². The van der Waals surface area contributed by atoms with E-state index in [9.17, 15) is 10.1 Å². The second-order valence-corrected chi connectivity index (χ2v) is 3.68. The van der Waals surface area contributed by atoms with Crippen LogP contribution in [0.15, 0.2) is 12.3 Å². The van der Waals surface area contributed by atoms with Crippen molar-refractivity contribution >= 4 is 11.5 Å². The van der Waals surface area contributed by atoms with Crippen molar-refractivity contribution in [2.75, 3.05) is 11.9 Å². The molecule has 88 valence electrons. The highest BCUT2D eigenvalue weighted by Gasteiger charge is 2.11. The molecule has 0 fully saturated rings. The lowest BCUT2D eigenvalue weighted by molar-refractivity contribution is -0.385. The van der Waals surface area contributed by atoms with E-state index in [0.29, 0.717) is 24.3 Å². The van der Waals surface area contributed by atoms with E-state index < -0.39 is 11.0 Å². The number of hydrogen-bond acceptors (Lipinski definition) is 5. The molecule has 1 unspecified atom stereocenters. The Labute approximate surface area is 93.5 Å². The lowest BCUT2D eigenvalue weighted by atomic mass is 10.2. The fourth-order valence-corrected chi connectivity index (χ4v) is 1.22. The summed E-state index contributed by atoms with van der Waals surface area (Å²) in [4.78, 5) is 14.3. The number of nitrogens with one attached hydrogen (secondary N) is 1. The topological polar surface area (TPSA) is 88.3 Å². The molecule has 0 aromatic carbocycles. The molecule has 0 amide bonds. The number of aryl methyl sites for hydroxylation is 1. The molecule has 1 aromatic rings. The maximum atomic E-state index is 10.7. The average molecular weight is 225 g/mol. The molecular weight excluding hydrogens is 210 g/mol. The summed E-state index contributed by atoms with van der Waals surface area (Å²) in [5.41, 5.74) is 0.584. The van der Waals surface area contributed by atoms with Crippen molar-refractivity contribution in [1.29, 1.82) is 0 Å². The third kappa shape index (κ3) is 3.47.